The minimum Gasteiger partial charge on any atom is -0.274 e. The third-order valence-corrected chi connectivity index (χ3v) is 4.75. The molecule has 3 nitrogen and oxygen atoms in total. The lowest BCUT2D eigenvalue weighted by Crippen LogP contribution is -2.01. The molecule has 0 atom stereocenters. The summed E-state index contributed by atoms with van der Waals surface area (Å²) in [6.07, 6.45) is 0.580. The van der Waals surface area contributed by atoms with Gasteiger partial charge < -0.3 is 0 Å². The van der Waals surface area contributed by atoms with E-state index in [4.69, 9.17) is 46.4 Å². The van der Waals surface area contributed by atoms with Gasteiger partial charge in [-0.05, 0) is 48.4 Å². The molecule has 1 aromatic heterocycles. The lowest BCUT2D eigenvalue weighted by molar-refractivity contribution is 0.107. The number of rotatable bonds is 4. The van der Waals surface area contributed by atoms with Crippen molar-refractivity contribution < 1.29 is 4.79 Å². The van der Waals surface area contributed by atoms with Crippen molar-refractivity contribution in [3.8, 4) is 16.9 Å². The molecule has 0 saturated heterocycles. The molecule has 0 saturated carbocycles. The lowest BCUT2D eigenvalue weighted by Gasteiger charge is -2.11. The zero-order chi connectivity index (χ0) is 18.1. The second-order valence-corrected chi connectivity index (χ2v) is 6.94. The van der Waals surface area contributed by atoms with E-state index in [2.05, 4.69) is 5.10 Å². The number of aromatic nitrogens is 2. The summed E-state index contributed by atoms with van der Waals surface area (Å²) in [5.74, 6) is 0. The van der Waals surface area contributed by atoms with Crippen molar-refractivity contribution in [3.63, 3.8) is 0 Å². The van der Waals surface area contributed by atoms with Crippen LogP contribution >= 0.6 is 46.4 Å². The van der Waals surface area contributed by atoms with Crippen molar-refractivity contribution in [2.75, 3.05) is 0 Å². The lowest BCUT2D eigenvalue weighted by atomic mass is 10.0. The molecule has 0 N–H and O–H groups in total. The minimum atomic E-state index is -0.615. The van der Waals surface area contributed by atoms with Crippen LogP contribution in [-0.2, 0) is 6.42 Å². The van der Waals surface area contributed by atoms with Gasteiger partial charge in [0.15, 0.2) is 0 Å². The van der Waals surface area contributed by atoms with E-state index in [1.807, 2.05) is 19.1 Å². The van der Waals surface area contributed by atoms with Crippen LogP contribution in [0.15, 0.2) is 42.5 Å². The average molecular weight is 414 g/mol. The number of benzene rings is 2. The van der Waals surface area contributed by atoms with Gasteiger partial charge in [0.1, 0.15) is 5.69 Å². The van der Waals surface area contributed by atoms with Crippen LogP contribution in [0.1, 0.15) is 23.0 Å². The van der Waals surface area contributed by atoms with E-state index in [-0.39, 0.29) is 5.69 Å². The molecule has 1 heterocycles. The molecule has 3 aromatic rings. The molecule has 0 bridgehead atoms. The van der Waals surface area contributed by atoms with Crippen molar-refractivity contribution in [1.82, 2.24) is 9.78 Å². The van der Waals surface area contributed by atoms with Crippen LogP contribution in [0.4, 0.5) is 0 Å². The number of carbonyl (C=O) groups excluding carboxylic acids is 1. The smallest absolute Gasteiger partial charge is 0.273 e. The number of carbonyl (C=O) groups is 1. The second-order valence-electron chi connectivity index (χ2n) is 5.32. The van der Waals surface area contributed by atoms with E-state index in [0.717, 1.165) is 16.8 Å². The van der Waals surface area contributed by atoms with E-state index in [1.165, 1.54) is 0 Å². The Labute approximate surface area is 165 Å². The van der Waals surface area contributed by atoms with Crippen LogP contribution in [-0.4, -0.2) is 15.0 Å². The van der Waals surface area contributed by atoms with Gasteiger partial charge in [-0.3, -0.25) is 4.79 Å². The predicted octanol–water partition coefficient (Wildman–Crippen LogP) is 6.44. The maximum atomic E-state index is 11.9. The summed E-state index contributed by atoms with van der Waals surface area (Å²) in [5, 5.41) is 5.35. The Morgan fingerprint density at radius 2 is 1.68 bits per heavy atom. The molecule has 7 heteroatoms. The Hall–Kier alpha value is -1.52. The summed E-state index contributed by atoms with van der Waals surface area (Å²) in [6, 6.07) is 12.4. The fourth-order valence-electron chi connectivity index (χ4n) is 2.67. The predicted molar refractivity (Wildman–Crippen MR) is 104 cm³/mol. The molecule has 0 aliphatic heterocycles. The van der Waals surface area contributed by atoms with Crippen LogP contribution in [0, 0.1) is 0 Å². The molecule has 0 spiro atoms. The zero-order valence-electron chi connectivity index (χ0n) is 13.1. The van der Waals surface area contributed by atoms with Crippen molar-refractivity contribution in [3.05, 3.63) is 68.8 Å². The first-order valence-corrected chi connectivity index (χ1v) is 8.96. The number of hydrogen-bond donors (Lipinski definition) is 0. The summed E-state index contributed by atoms with van der Waals surface area (Å²) in [4.78, 5) is 11.9. The highest BCUT2D eigenvalue weighted by atomic mass is 35.5. The van der Waals surface area contributed by atoms with E-state index < -0.39 is 5.24 Å². The summed E-state index contributed by atoms with van der Waals surface area (Å²) in [6.45, 7) is 1.94. The molecule has 128 valence electrons. The first-order valence-electron chi connectivity index (χ1n) is 7.45. The molecule has 2 aromatic carbocycles. The third-order valence-electron chi connectivity index (χ3n) is 3.78. The summed E-state index contributed by atoms with van der Waals surface area (Å²) in [5.41, 5.74) is 3.15. The summed E-state index contributed by atoms with van der Waals surface area (Å²) < 4.78 is 1.62. The van der Waals surface area contributed by atoms with Gasteiger partial charge in [0.2, 0.25) is 0 Å². The largest absolute Gasteiger partial charge is 0.274 e. The first kappa shape index (κ1) is 18.3. The molecule has 0 unspecified atom stereocenters. The Balaban J connectivity index is 2.34. The first-order chi connectivity index (χ1) is 11.9. The molecular weight excluding hydrogens is 402 g/mol. The fraction of sp³-hybridized carbons (Fsp3) is 0.111. The quantitative estimate of drug-likeness (QED) is 0.461. The van der Waals surface area contributed by atoms with Gasteiger partial charge in [-0.1, -0.05) is 53.9 Å². The summed E-state index contributed by atoms with van der Waals surface area (Å²) in [7, 11) is 0. The second kappa shape index (κ2) is 7.38. The van der Waals surface area contributed by atoms with Gasteiger partial charge >= 0.3 is 0 Å². The molecule has 0 amide bonds. The molecule has 0 aliphatic carbocycles. The Bertz CT molecular complexity index is 948. The normalized spacial score (nSPS) is 10.9. The minimum absolute atomic E-state index is 0.208. The maximum absolute atomic E-state index is 11.9. The van der Waals surface area contributed by atoms with Crippen LogP contribution in [0.3, 0.4) is 0 Å². The zero-order valence-corrected chi connectivity index (χ0v) is 16.1. The monoisotopic (exact) mass is 412 g/mol. The van der Waals surface area contributed by atoms with Gasteiger partial charge in [-0.2, -0.15) is 5.10 Å². The van der Waals surface area contributed by atoms with Gasteiger partial charge in [-0.25, -0.2) is 4.68 Å². The van der Waals surface area contributed by atoms with Crippen LogP contribution < -0.4 is 0 Å². The van der Waals surface area contributed by atoms with Gasteiger partial charge in [0.25, 0.3) is 5.24 Å². The Morgan fingerprint density at radius 3 is 2.24 bits per heavy atom. The van der Waals surface area contributed by atoms with Gasteiger partial charge in [0, 0.05) is 21.2 Å². The van der Waals surface area contributed by atoms with Gasteiger partial charge in [0.05, 0.1) is 16.4 Å². The van der Waals surface area contributed by atoms with Crippen molar-refractivity contribution in [2.45, 2.75) is 13.3 Å². The maximum Gasteiger partial charge on any atom is 0.273 e. The van der Waals surface area contributed by atoms with Crippen LogP contribution in [0.25, 0.3) is 16.9 Å². The van der Waals surface area contributed by atoms with Crippen molar-refractivity contribution >= 4 is 51.6 Å². The highest BCUT2D eigenvalue weighted by Crippen LogP contribution is 2.34. The highest BCUT2D eigenvalue weighted by molar-refractivity contribution is 6.67. The van der Waals surface area contributed by atoms with Gasteiger partial charge in [-0.15, -0.1) is 0 Å². The topological polar surface area (TPSA) is 34.9 Å². The molecule has 3 rings (SSSR count). The number of nitrogens with zero attached hydrogens (tertiary/aromatic N) is 2. The molecule has 0 radical (unpaired) electrons. The Morgan fingerprint density at radius 1 is 1.04 bits per heavy atom. The number of hydrogen-bond acceptors (Lipinski definition) is 2. The average Bonchev–Trinajstić information content (AvgIpc) is 2.95. The Kier molecular flexibility index (Phi) is 5.40. The molecule has 0 fully saturated rings. The van der Waals surface area contributed by atoms with E-state index in [0.29, 0.717) is 27.2 Å². The summed E-state index contributed by atoms with van der Waals surface area (Å²) >= 11 is 24.1. The van der Waals surface area contributed by atoms with Crippen LogP contribution in [0.5, 0.6) is 0 Å². The standard InChI is InChI=1S/C18H12Cl4N2O/c1-2-13-16(18(22)25)23-24(15-8-7-12(20)9-14(15)21)17(13)10-3-5-11(19)6-4-10/h3-9H,2H2,1H3. The van der Waals surface area contributed by atoms with Crippen molar-refractivity contribution in [1.29, 1.82) is 0 Å². The SMILES string of the molecule is CCc1c(C(=O)Cl)nn(-c2ccc(Cl)cc2Cl)c1-c1ccc(Cl)cc1. The molecular formula is C18H12Cl4N2O. The molecule has 0 aliphatic rings. The molecule has 25 heavy (non-hydrogen) atoms. The van der Waals surface area contributed by atoms with Crippen molar-refractivity contribution in [2.24, 2.45) is 0 Å². The third kappa shape index (κ3) is 3.56. The number of halogens is 4. The van der Waals surface area contributed by atoms with Crippen LogP contribution in [0.2, 0.25) is 15.1 Å². The highest BCUT2D eigenvalue weighted by Gasteiger charge is 2.23. The fourth-order valence-corrected chi connectivity index (χ4v) is 3.44. The van der Waals surface area contributed by atoms with E-state index in [1.54, 1.807) is 35.0 Å². The van der Waals surface area contributed by atoms with E-state index in [9.17, 15) is 4.79 Å². The van der Waals surface area contributed by atoms with E-state index >= 15 is 0 Å².